The van der Waals surface area contributed by atoms with Gasteiger partial charge in [-0.3, -0.25) is 9.88 Å². The zero-order valence-electron chi connectivity index (χ0n) is 13.9. The van der Waals surface area contributed by atoms with E-state index in [1.807, 2.05) is 36.5 Å². The number of hydrogen-bond donors (Lipinski definition) is 0. The van der Waals surface area contributed by atoms with Gasteiger partial charge in [-0.1, -0.05) is 29.8 Å². The van der Waals surface area contributed by atoms with Gasteiger partial charge in [0.2, 0.25) is 11.8 Å². The number of rotatable bonds is 8. The average molecular weight is 359 g/mol. The lowest BCUT2D eigenvalue weighted by Crippen LogP contribution is -2.26. The van der Waals surface area contributed by atoms with Gasteiger partial charge >= 0.3 is 0 Å². The number of hydrogen-bond acceptors (Lipinski definition) is 6. The first-order valence-corrected chi connectivity index (χ1v) is 8.31. The Bertz CT molecular complexity index is 795. The van der Waals surface area contributed by atoms with Gasteiger partial charge in [0.05, 0.1) is 23.7 Å². The fourth-order valence-corrected chi connectivity index (χ4v) is 2.65. The van der Waals surface area contributed by atoms with Gasteiger partial charge in [-0.15, -0.1) is 10.2 Å². The standard InChI is InChI=1S/C18H19ClN4O2/c1-24-10-9-23(12-14-5-4-8-20-11-14)13-17-21-22-18(25-17)15-6-2-3-7-16(15)19/h2-8,11H,9-10,12-13H2,1H3. The third kappa shape index (κ3) is 4.85. The zero-order valence-corrected chi connectivity index (χ0v) is 14.7. The number of ether oxygens (including phenoxy) is 1. The quantitative estimate of drug-likeness (QED) is 0.614. The Morgan fingerprint density at radius 2 is 2.00 bits per heavy atom. The molecule has 2 aromatic heterocycles. The monoisotopic (exact) mass is 358 g/mol. The highest BCUT2D eigenvalue weighted by Crippen LogP contribution is 2.26. The Morgan fingerprint density at radius 3 is 2.76 bits per heavy atom. The smallest absolute Gasteiger partial charge is 0.249 e. The first kappa shape index (κ1) is 17.5. The van der Waals surface area contributed by atoms with Crippen LogP contribution in [0, 0.1) is 0 Å². The Balaban J connectivity index is 1.72. The molecule has 0 spiro atoms. The van der Waals surface area contributed by atoms with E-state index < -0.39 is 0 Å². The van der Waals surface area contributed by atoms with Gasteiger partial charge in [0.15, 0.2) is 0 Å². The summed E-state index contributed by atoms with van der Waals surface area (Å²) >= 11 is 6.19. The van der Waals surface area contributed by atoms with Crippen LogP contribution in [0.25, 0.3) is 11.5 Å². The topological polar surface area (TPSA) is 64.3 Å². The van der Waals surface area contributed by atoms with Crippen molar-refractivity contribution in [1.29, 1.82) is 0 Å². The fraction of sp³-hybridized carbons (Fsp3) is 0.278. The van der Waals surface area contributed by atoms with Gasteiger partial charge in [-0.05, 0) is 23.8 Å². The lowest BCUT2D eigenvalue weighted by atomic mass is 10.2. The maximum absolute atomic E-state index is 6.19. The first-order valence-electron chi connectivity index (χ1n) is 7.93. The van der Waals surface area contributed by atoms with Crippen LogP contribution in [0.4, 0.5) is 0 Å². The van der Waals surface area contributed by atoms with Crippen LogP contribution < -0.4 is 0 Å². The Labute approximate surface area is 151 Å². The van der Waals surface area contributed by atoms with E-state index in [0.717, 1.165) is 24.2 Å². The molecule has 2 heterocycles. The van der Waals surface area contributed by atoms with Gasteiger partial charge in [0.1, 0.15) is 0 Å². The molecule has 3 rings (SSSR count). The van der Waals surface area contributed by atoms with Gasteiger partial charge in [0, 0.05) is 32.6 Å². The molecule has 130 valence electrons. The molecule has 25 heavy (non-hydrogen) atoms. The van der Waals surface area contributed by atoms with Crippen molar-refractivity contribution < 1.29 is 9.15 Å². The fourth-order valence-electron chi connectivity index (χ4n) is 2.44. The van der Waals surface area contributed by atoms with Crippen LogP contribution in [0.1, 0.15) is 11.5 Å². The third-order valence-corrected chi connectivity index (χ3v) is 4.00. The van der Waals surface area contributed by atoms with Crippen molar-refractivity contribution in [3.8, 4) is 11.5 Å². The number of methoxy groups -OCH3 is 1. The predicted octanol–water partition coefficient (Wildman–Crippen LogP) is 3.43. The van der Waals surface area contributed by atoms with E-state index in [4.69, 9.17) is 20.8 Å². The predicted molar refractivity (Wildman–Crippen MR) is 95.0 cm³/mol. The average Bonchev–Trinajstić information content (AvgIpc) is 3.09. The molecule has 3 aromatic rings. The molecule has 6 nitrogen and oxygen atoms in total. The molecule has 0 unspecified atom stereocenters. The molecule has 0 atom stereocenters. The lowest BCUT2D eigenvalue weighted by Gasteiger charge is -2.19. The summed E-state index contributed by atoms with van der Waals surface area (Å²) in [5.74, 6) is 0.962. The van der Waals surface area contributed by atoms with E-state index in [-0.39, 0.29) is 0 Å². The summed E-state index contributed by atoms with van der Waals surface area (Å²) in [6.45, 7) is 2.61. The van der Waals surface area contributed by atoms with Crippen molar-refractivity contribution in [1.82, 2.24) is 20.1 Å². The van der Waals surface area contributed by atoms with Crippen LogP contribution in [0.2, 0.25) is 5.02 Å². The van der Waals surface area contributed by atoms with Crippen molar-refractivity contribution in [2.24, 2.45) is 0 Å². The Morgan fingerprint density at radius 1 is 1.12 bits per heavy atom. The summed E-state index contributed by atoms with van der Waals surface area (Å²) in [6, 6.07) is 11.4. The Kier molecular flexibility index (Phi) is 6.11. The molecule has 0 radical (unpaired) electrons. The summed E-state index contributed by atoms with van der Waals surface area (Å²) in [5.41, 5.74) is 1.85. The number of nitrogens with zero attached hydrogens (tertiary/aromatic N) is 4. The van der Waals surface area contributed by atoms with Gasteiger partial charge in [-0.2, -0.15) is 0 Å². The highest BCUT2D eigenvalue weighted by Gasteiger charge is 2.15. The van der Waals surface area contributed by atoms with Crippen LogP contribution in [0.15, 0.2) is 53.2 Å². The van der Waals surface area contributed by atoms with E-state index in [9.17, 15) is 0 Å². The number of pyridine rings is 1. The Hall–Kier alpha value is -2.28. The van der Waals surface area contributed by atoms with Crippen LogP contribution in [0.3, 0.4) is 0 Å². The molecular formula is C18H19ClN4O2. The number of benzene rings is 1. The number of halogens is 1. The summed E-state index contributed by atoms with van der Waals surface area (Å²) in [7, 11) is 1.68. The maximum Gasteiger partial charge on any atom is 0.249 e. The van der Waals surface area contributed by atoms with E-state index >= 15 is 0 Å². The van der Waals surface area contributed by atoms with E-state index in [1.54, 1.807) is 19.4 Å². The van der Waals surface area contributed by atoms with Crippen molar-refractivity contribution in [2.45, 2.75) is 13.1 Å². The summed E-state index contributed by atoms with van der Waals surface area (Å²) in [5, 5.41) is 8.85. The summed E-state index contributed by atoms with van der Waals surface area (Å²) in [4.78, 5) is 6.33. The van der Waals surface area contributed by atoms with Gasteiger partial charge in [-0.25, -0.2) is 0 Å². The summed E-state index contributed by atoms with van der Waals surface area (Å²) < 4.78 is 11.0. The minimum Gasteiger partial charge on any atom is -0.419 e. The zero-order chi connectivity index (χ0) is 17.5. The van der Waals surface area contributed by atoms with Gasteiger partial charge < -0.3 is 9.15 Å². The normalized spacial score (nSPS) is 11.2. The SMILES string of the molecule is COCCN(Cc1cccnc1)Cc1nnc(-c2ccccc2Cl)o1. The molecule has 0 bridgehead atoms. The van der Waals surface area contributed by atoms with Crippen LogP contribution in [-0.4, -0.2) is 40.3 Å². The van der Waals surface area contributed by atoms with Crippen LogP contribution in [-0.2, 0) is 17.8 Å². The second-order valence-electron chi connectivity index (χ2n) is 5.55. The second-order valence-corrected chi connectivity index (χ2v) is 5.95. The van der Waals surface area contributed by atoms with Crippen molar-refractivity contribution in [3.05, 3.63) is 65.3 Å². The van der Waals surface area contributed by atoms with Crippen molar-refractivity contribution in [3.63, 3.8) is 0 Å². The molecule has 0 amide bonds. The van der Waals surface area contributed by atoms with Crippen molar-refractivity contribution in [2.75, 3.05) is 20.3 Å². The molecule has 0 aliphatic heterocycles. The minimum atomic E-state index is 0.425. The highest BCUT2D eigenvalue weighted by atomic mass is 35.5. The second kappa shape index (κ2) is 8.71. The highest BCUT2D eigenvalue weighted by molar-refractivity contribution is 6.33. The lowest BCUT2D eigenvalue weighted by molar-refractivity contribution is 0.134. The van der Waals surface area contributed by atoms with E-state index in [1.165, 1.54) is 0 Å². The van der Waals surface area contributed by atoms with E-state index in [0.29, 0.717) is 30.0 Å². The van der Waals surface area contributed by atoms with Gasteiger partial charge in [0.25, 0.3) is 0 Å². The largest absolute Gasteiger partial charge is 0.419 e. The third-order valence-electron chi connectivity index (χ3n) is 3.67. The molecule has 7 heteroatoms. The minimum absolute atomic E-state index is 0.425. The molecule has 0 saturated heterocycles. The summed E-state index contributed by atoms with van der Waals surface area (Å²) in [6.07, 6.45) is 3.61. The van der Waals surface area contributed by atoms with Crippen LogP contribution >= 0.6 is 11.6 Å². The molecule has 0 aliphatic carbocycles. The molecule has 0 aliphatic rings. The molecule has 0 saturated carbocycles. The van der Waals surface area contributed by atoms with E-state index in [2.05, 4.69) is 20.1 Å². The molecule has 1 aromatic carbocycles. The molecular weight excluding hydrogens is 340 g/mol. The van der Waals surface area contributed by atoms with Crippen molar-refractivity contribution >= 4 is 11.6 Å². The number of aromatic nitrogens is 3. The molecule has 0 fully saturated rings. The maximum atomic E-state index is 6.19. The first-order chi connectivity index (χ1) is 12.3. The van der Waals surface area contributed by atoms with Crippen LogP contribution in [0.5, 0.6) is 0 Å². The molecule has 0 N–H and O–H groups in total.